The SMILES string of the molecule is COCCC(=O)N1CCCN(C(=O)Cc2ccc(OC)c(OC)c2)CC1. The number of rotatable bonds is 7. The van der Waals surface area contributed by atoms with E-state index in [2.05, 4.69) is 0 Å². The molecule has 2 amide bonds. The van der Waals surface area contributed by atoms with Gasteiger partial charge in [0.05, 0.1) is 33.7 Å². The van der Waals surface area contributed by atoms with Crippen molar-refractivity contribution in [1.29, 1.82) is 0 Å². The largest absolute Gasteiger partial charge is 0.493 e. The Kier molecular flexibility index (Phi) is 7.72. The Bertz CT molecular complexity index is 620. The molecule has 1 aromatic carbocycles. The Morgan fingerprint density at radius 3 is 2.19 bits per heavy atom. The summed E-state index contributed by atoms with van der Waals surface area (Å²) in [5, 5.41) is 0. The van der Waals surface area contributed by atoms with E-state index in [1.165, 1.54) is 0 Å². The fourth-order valence-electron chi connectivity index (χ4n) is 3.04. The van der Waals surface area contributed by atoms with E-state index in [0.717, 1.165) is 12.0 Å². The lowest BCUT2D eigenvalue weighted by Gasteiger charge is -2.22. The Morgan fingerprint density at radius 2 is 1.58 bits per heavy atom. The molecule has 1 heterocycles. The molecular weight excluding hydrogens is 336 g/mol. The van der Waals surface area contributed by atoms with Crippen molar-refractivity contribution >= 4 is 11.8 Å². The van der Waals surface area contributed by atoms with Crippen molar-refractivity contribution in [2.24, 2.45) is 0 Å². The van der Waals surface area contributed by atoms with Crippen LogP contribution in [-0.4, -0.2) is 75.7 Å². The highest BCUT2D eigenvalue weighted by molar-refractivity contribution is 5.79. The standard InChI is InChI=1S/C19H28N2O5/c1-24-12-7-18(22)20-8-4-9-21(11-10-20)19(23)14-15-5-6-16(25-2)17(13-15)26-3/h5-6,13H,4,7-12,14H2,1-3H3. The highest BCUT2D eigenvalue weighted by atomic mass is 16.5. The van der Waals surface area contributed by atoms with Gasteiger partial charge in [-0.25, -0.2) is 0 Å². The van der Waals surface area contributed by atoms with E-state index in [1.54, 1.807) is 27.4 Å². The number of methoxy groups -OCH3 is 3. The lowest BCUT2D eigenvalue weighted by molar-refractivity contribution is -0.133. The van der Waals surface area contributed by atoms with Crippen molar-refractivity contribution in [3.05, 3.63) is 23.8 Å². The summed E-state index contributed by atoms with van der Waals surface area (Å²) in [5.74, 6) is 1.40. The highest BCUT2D eigenvalue weighted by Gasteiger charge is 2.22. The van der Waals surface area contributed by atoms with Gasteiger partial charge in [0.25, 0.3) is 0 Å². The van der Waals surface area contributed by atoms with Crippen LogP contribution in [0.1, 0.15) is 18.4 Å². The van der Waals surface area contributed by atoms with Gasteiger partial charge < -0.3 is 24.0 Å². The zero-order chi connectivity index (χ0) is 18.9. The van der Waals surface area contributed by atoms with E-state index in [1.807, 2.05) is 21.9 Å². The molecule has 1 aromatic rings. The minimum atomic E-state index is 0.0587. The van der Waals surface area contributed by atoms with Crippen molar-refractivity contribution in [3.63, 3.8) is 0 Å². The van der Waals surface area contributed by atoms with E-state index in [0.29, 0.717) is 57.1 Å². The maximum absolute atomic E-state index is 12.7. The van der Waals surface area contributed by atoms with E-state index >= 15 is 0 Å². The predicted molar refractivity (Wildman–Crippen MR) is 97.5 cm³/mol. The first kappa shape index (κ1) is 20.0. The summed E-state index contributed by atoms with van der Waals surface area (Å²) < 4.78 is 15.5. The molecule has 1 fully saturated rings. The van der Waals surface area contributed by atoms with Crippen LogP contribution in [0.5, 0.6) is 11.5 Å². The van der Waals surface area contributed by atoms with Crippen LogP contribution in [0.3, 0.4) is 0 Å². The van der Waals surface area contributed by atoms with E-state index < -0.39 is 0 Å². The summed E-state index contributed by atoms with van der Waals surface area (Å²) in [4.78, 5) is 28.4. The molecule has 1 saturated heterocycles. The number of hydrogen-bond donors (Lipinski definition) is 0. The van der Waals surface area contributed by atoms with Crippen molar-refractivity contribution < 1.29 is 23.8 Å². The smallest absolute Gasteiger partial charge is 0.227 e. The second-order valence-corrected chi connectivity index (χ2v) is 6.22. The Hall–Kier alpha value is -2.28. The first-order chi connectivity index (χ1) is 12.6. The minimum Gasteiger partial charge on any atom is -0.493 e. The number of carbonyl (C=O) groups excluding carboxylic acids is 2. The molecule has 0 radical (unpaired) electrons. The van der Waals surface area contributed by atoms with Crippen LogP contribution in [0, 0.1) is 0 Å². The predicted octanol–water partition coefficient (Wildman–Crippen LogP) is 1.34. The normalized spacial score (nSPS) is 14.7. The van der Waals surface area contributed by atoms with Crippen LogP contribution in [0.25, 0.3) is 0 Å². The van der Waals surface area contributed by atoms with Gasteiger partial charge >= 0.3 is 0 Å². The summed E-state index contributed by atoms with van der Waals surface area (Å²) in [7, 11) is 4.75. The van der Waals surface area contributed by atoms with Gasteiger partial charge in [-0.05, 0) is 24.1 Å². The topological polar surface area (TPSA) is 68.3 Å². The third-order valence-corrected chi connectivity index (χ3v) is 4.52. The van der Waals surface area contributed by atoms with Crippen molar-refractivity contribution in [2.75, 3.05) is 54.1 Å². The molecule has 7 nitrogen and oxygen atoms in total. The second kappa shape index (κ2) is 10.0. The molecular formula is C19H28N2O5. The number of amides is 2. The van der Waals surface area contributed by atoms with E-state index in [-0.39, 0.29) is 11.8 Å². The monoisotopic (exact) mass is 364 g/mol. The molecule has 0 N–H and O–H groups in total. The third-order valence-electron chi connectivity index (χ3n) is 4.52. The van der Waals surface area contributed by atoms with Gasteiger partial charge in [-0.15, -0.1) is 0 Å². The summed E-state index contributed by atoms with van der Waals surface area (Å²) >= 11 is 0. The van der Waals surface area contributed by atoms with Gasteiger partial charge in [-0.1, -0.05) is 6.07 Å². The zero-order valence-electron chi connectivity index (χ0n) is 15.8. The molecule has 1 aliphatic rings. The maximum atomic E-state index is 12.7. The number of ether oxygens (including phenoxy) is 3. The molecule has 0 saturated carbocycles. The molecule has 26 heavy (non-hydrogen) atoms. The van der Waals surface area contributed by atoms with Crippen molar-refractivity contribution in [2.45, 2.75) is 19.3 Å². The fraction of sp³-hybridized carbons (Fsp3) is 0.579. The van der Waals surface area contributed by atoms with Crippen LogP contribution in [0.15, 0.2) is 18.2 Å². The van der Waals surface area contributed by atoms with E-state index in [9.17, 15) is 9.59 Å². The second-order valence-electron chi connectivity index (χ2n) is 6.22. The average Bonchev–Trinajstić information content (AvgIpc) is 2.92. The number of nitrogens with zero attached hydrogens (tertiary/aromatic N) is 2. The summed E-state index contributed by atoms with van der Waals surface area (Å²) in [5.41, 5.74) is 0.880. The molecule has 0 aliphatic carbocycles. The minimum absolute atomic E-state index is 0.0587. The maximum Gasteiger partial charge on any atom is 0.227 e. The fourth-order valence-corrected chi connectivity index (χ4v) is 3.04. The zero-order valence-corrected chi connectivity index (χ0v) is 15.8. The molecule has 0 unspecified atom stereocenters. The first-order valence-electron chi connectivity index (χ1n) is 8.84. The number of hydrogen-bond acceptors (Lipinski definition) is 5. The first-order valence-corrected chi connectivity index (χ1v) is 8.84. The van der Waals surface area contributed by atoms with Crippen molar-refractivity contribution in [3.8, 4) is 11.5 Å². The number of benzene rings is 1. The average molecular weight is 364 g/mol. The van der Waals surface area contributed by atoms with Crippen LogP contribution in [0.4, 0.5) is 0 Å². The highest BCUT2D eigenvalue weighted by Crippen LogP contribution is 2.27. The van der Waals surface area contributed by atoms with Crippen LogP contribution in [-0.2, 0) is 20.7 Å². The van der Waals surface area contributed by atoms with Gasteiger partial charge in [0, 0.05) is 33.3 Å². The van der Waals surface area contributed by atoms with Crippen LogP contribution < -0.4 is 9.47 Å². The number of carbonyl (C=O) groups is 2. The van der Waals surface area contributed by atoms with Crippen molar-refractivity contribution in [1.82, 2.24) is 9.80 Å². The van der Waals surface area contributed by atoms with Crippen LogP contribution >= 0.6 is 0 Å². The van der Waals surface area contributed by atoms with E-state index in [4.69, 9.17) is 14.2 Å². The lowest BCUT2D eigenvalue weighted by atomic mass is 10.1. The van der Waals surface area contributed by atoms with Gasteiger partial charge in [-0.2, -0.15) is 0 Å². The molecule has 144 valence electrons. The Balaban J connectivity index is 1.93. The Labute approximate surface area is 154 Å². The van der Waals surface area contributed by atoms with Crippen LogP contribution in [0.2, 0.25) is 0 Å². The Morgan fingerprint density at radius 1 is 0.923 bits per heavy atom. The quantitative estimate of drug-likeness (QED) is 0.730. The molecule has 2 rings (SSSR count). The third kappa shape index (κ3) is 5.36. The van der Waals surface area contributed by atoms with Gasteiger partial charge in [0.2, 0.25) is 11.8 Å². The molecule has 7 heteroatoms. The molecule has 0 bridgehead atoms. The summed E-state index contributed by atoms with van der Waals surface area (Å²) in [6.45, 7) is 2.91. The molecule has 1 aliphatic heterocycles. The summed E-state index contributed by atoms with van der Waals surface area (Å²) in [6, 6.07) is 5.51. The summed E-state index contributed by atoms with van der Waals surface area (Å²) in [6.07, 6.45) is 1.48. The molecule has 0 atom stereocenters. The lowest BCUT2D eigenvalue weighted by Crippen LogP contribution is -2.38. The van der Waals surface area contributed by atoms with Gasteiger partial charge in [-0.3, -0.25) is 9.59 Å². The van der Waals surface area contributed by atoms with Gasteiger partial charge in [0.15, 0.2) is 11.5 Å². The molecule has 0 aromatic heterocycles. The van der Waals surface area contributed by atoms with Gasteiger partial charge in [0.1, 0.15) is 0 Å². The molecule has 0 spiro atoms.